The van der Waals surface area contributed by atoms with Crippen molar-refractivity contribution in [2.45, 2.75) is 0 Å². The van der Waals surface area contributed by atoms with Gasteiger partial charge in [-0.2, -0.15) is 0 Å². The Kier molecular flexibility index (Phi) is 5.71. The average Bonchev–Trinajstić information content (AvgIpc) is 3.29. The molecule has 1 saturated heterocycles. The number of furan rings is 1. The molecule has 0 unspecified atom stereocenters. The largest absolute Gasteiger partial charge is 0.478 e. The van der Waals surface area contributed by atoms with Crippen LogP contribution in [0.3, 0.4) is 0 Å². The van der Waals surface area contributed by atoms with Crippen LogP contribution in [-0.2, 0) is 4.79 Å². The van der Waals surface area contributed by atoms with Gasteiger partial charge in [-0.1, -0.05) is 59.3 Å². The number of carbonyl (C=O) groups excluding carboxylic acids is 1. The van der Waals surface area contributed by atoms with E-state index < -0.39 is 5.97 Å². The molecule has 0 spiro atoms. The highest BCUT2D eigenvalue weighted by Crippen LogP contribution is 2.38. The summed E-state index contributed by atoms with van der Waals surface area (Å²) in [6.45, 7) is 0. The molecule has 1 aliphatic heterocycles. The summed E-state index contributed by atoms with van der Waals surface area (Å²) in [5, 5.41) is 9.85. The van der Waals surface area contributed by atoms with Crippen molar-refractivity contribution in [3.63, 3.8) is 0 Å². The van der Waals surface area contributed by atoms with E-state index in [0.717, 1.165) is 11.8 Å². The van der Waals surface area contributed by atoms with Crippen LogP contribution < -0.4 is 4.90 Å². The molecule has 1 aliphatic rings. The first-order valence-corrected chi connectivity index (χ1v) is 10.5. The minimum atomic E-state index is -1.02. The van der Waals surface area contributed by atoms with Gasteiger partial charge < -0.3 is 9.52 Å². The summed E-state index contributed by atoms with van der Waals surface area (Å²) in [6.07, 6.45) is 1.60. The molecule has 30 heavy (non-hydrogen) atoms. The van der Waals surface area contributed by atoms with Crippen molar-refractivity contribution in [3.8, 4) is 11.3 Å². The third-order valence-corrected chi connectivity index (χ3v) is 6.29. The predicted octanol–water partition coefficient (Wildman–Crippen LogP) is 6.36. The van der Waals surface area contributed by atoms with Gasteiger partial charge in [-0.3, -0.25) is 9.69 Å². The molecule has 2 aromatic carbocycles. The summed E-state index contributed by atoms with van der Waals surface area (Å²) >= 11 is 18.5. The van der Waals surface area contributed by atoms with Crippen LogP contribution in [0.4, 0.5) is 5.69 Å². The summed E-state index contributed by atoms with van der Waals surface area (Å²) in [4.78, 5) is 25.8. The molecule has 2 heterocycles. The van der Waals surface area contributed by atoms with Crippen molar-refractivity contribution >= 4 is 75.1 Å². The van der Waals surface area contributed by atoms with Crippen LogP contribution >= 0.6 is 47.2 Å². The van der Waals surface area contributed by atoms with Crippen molar-refractivity contribution in [1.82, 2.24) is 0 Å². The number of anilines is 1. The van der Waals surface area contributed by atoms with Crippen LogP contribution in [0.15, 0.2) is 63.9 Å². The minimum absolute atomic E-state index is 0.160. The number of hydrogen-bond donors (Lipinski definition) is 1. The van der Waals surface area contributed by atoms with E-state index in [0.29, 0.717) is 42.0 Å². The first-order valence-electron chi connectivity index (χ1n) is 8.50. The van der Waals surface area contributed by atoms with Gasteiger partial charge in [-0.05, 0) is 42.5 Å². The average molecular weight is 476 g/mol. The smallest absolute Gasteiger partial charge is 0.335 e. The maximum absolute atomic E-state index is 12.9. The Labute approximate surface area is 190 Å². The zero-order chi connectivity index (χ0) is 21.4. The molecule has 4 rings (SSSR count). The van der Waals surface area contributed by atoms with Crippen LogP contribution in [-0.4, -0.2) is 21.3 Å². The van der Waals surface area contributed by atoms with E-state index in [2.05, 4.69) is 0 Å². The minimum Gasteiger partial charge on any atom is -0.478 e. The van der Waals surface area contributed by atoms with Gasteiger partial charge in [-0.15, -0.1) is 0 Å². The molecule has 5 nitrogen and oxygen atoms in total. The zero-order valence-electron chi connectivity index (χ0n) is 15.0. The fourth-order valence-electron chi connectivity index (χ4n) is 2.83. The van der Waals surface area contributed by atoms with Gasteiger partial charge in [0, 0.05) is 11.6 Å². The maximum Gasteiger partial charge on any atom is 0.335 e. The summed E-state index contributed by atoms with van der Waals surface area (Å²) in [5.74, 6) is -0.381. The quantitative estimate of drug-likeness (QED) is 0.349. The van der Waals surface area contributed by atoms with E-state index in [1.165, 1.54) is 17.0 Å². The van der Waals surface area contributed by atoms with E-state index in [1.54, 1.807) is 48.5 Å². The normalized spacial score (nSPS) is 15.3. The number of hydrogen-bond acceptors (Lipinski definition) is 5. The number of rotatable bonds is 4. The molecule has 0 atom stereocenters. The van der Waals surface area contributed by atoms with Crippen LogP contribution in [0, 0.1) is 0 Å². The second-order valence-corrected chi connectivity index (χ2v) is 8.69. The highest BCUT2D eigenvalue weighted by molar-refractivity contribution is 8.27. The lowest BCUT2D eigenvalue weighted by Gasteiger charge is -2.15. The summed E-state index contributed by atoms with van der Waals surface area (Å²) in [6, 6.07) is 14.7. The molecule has 1 amide bonds. The van der Waals surface area contributed by atoms with E-state index in [1.807, 2.05) is 0 Å². The molecule has 0 saturated carbocycles. The summed E-state index contributed by atoms with van der Waals surface area (Å²) in [5.41, 5.74) is 1.31. The summed E-state index contributed by atoms with van der Waals surface area (Å²) < 4.78 is 6.16. The van der Waals surface area contributed by atoms with Crippen molar-refractivity contribution in [2.24, 2.45) is 0 Å². The Bertz CT molecular complexity index is 1240. The molecular weight excluding hydrogens is 465 g/mol. The molecule has 0 bridgehead atoms. The van der Waals surface area contributed by atoms with Crippen LogP contribution in [0.5, 0.6) is 0 Å². The van der Waals surface area contributed by atoms with Crippen LogP contribution in [0.25, 0.3) is 17.4 Å². The fraction of sp³-hybridized carbons (Fsp3) is 0. The topological polar surface area (TPSA) is 70.8 Å². The third kappa shape index (κ3) is 4.02. The number of benzene rings is 2. The third-order valence-electron chi connectivity index (χ3n) is 4.25. The maximum atomic E-state index is 12.9. The van der Waals surface area contributed by atoms with E-state index in [-0.39, 0.29) is 11.5 Å². The van der Waals surface area contributed by atoms with E-state index in [4.69, 9.17) is 44.9 Å². The van der Waals surface area contributed by atoms with Gasteiger partial charge in [0.05, 0.1) is 26.2 Å². The number of halogens is 2. The number of thioether (sulfide) groups is 1. The SMILES string of the molecule is O=C(O)c1cccc(-c2ccc(C=C3SC(=S)N(c4ccc(Cl)c(Cl)c4)C3=O)o2)c1. The lowest BCUT2D eigenvalue weighted by Crippen LogP contribution is -2.27. The number of thiocarbonyl (C=S) groups is 1. The van der Waals surface area contributed by atoms with Crippen LogP contribution in [0.1, 0.15) is 16.1 Å². The highest BCUT2D eigenvalue weighted by Gasteiger charge is 2.33. The monoisotopic (exact) mass is 475 g/mol. The van der Waals surface area contributed by atoms with Gasteiger partial charge in [0.15, 0.2) is 4.32 Å². The molecule has 0 aliphatic carbocycles. The van der Waals surface area contributed by atoms with E-state index in [9.17, 15) is 9.59 Å². The van der Waals surface area contributed by atoms with Crippen molar-refractivity contribution in [1.29, 1.82) is 0 Å². The van der Waals surface area contributed by atoms with E-state index >= 15 is 0 Å². The molecule has 1 aromatic heterocycles. The Balaban J connectivity index is 1.61. The number of nitrogens with zero attached hydrogens (tertiary/aromatic N) is 1. The molecule has 150 valence electrons. The number of carboxylic acids is 1. The van der Waals surface area contributed by atoms with Gasteiger partial charge in [0.25, 0.3) is 5.91 Å². The van der Waals surface area contributed by atoms with Gasteiger partial charge in [0.1, 0.15) is 11.5 Å². The van der Waals surface area contributed by atoms with Crippen molar-refractivity contribution in [2.75, 3.05) is 4.90 Å². The highest BCUT2D eigenvalue weighted by atomic mass is 35.5. The lowest BCUT2D eigenvalue weighted by molar-refractivity contribution is -0.113. The lowest BCUT2D eigenvalue weighted by atomic mass is 10.1. The molecule has 1 N–H and O–H groups in total. The van der Waals surface area contributed by atoms with Crippen molar-refractivity contribution in [3.05, 3.63) is 80.9 Å². The first-order chi connectivity index (χ1) is 14.3. The first kappa shape index (κ1) is 20.7. The standard InChI is InChI=1S/C21H11Cl2NO4S2/c22-15-6-4-13(9-16(15)23)24-19(25)18(30-21(24)29)10-14-5-7-17(28-14)11-2-1-3-12(8-11)20(26)27/h1-10H,(H,26,27). The number of aromatic carboxylic acids is 1. The number of carboxylic acid groups (broad SMARTS) is 1. The molecule has 3 aromatic rings. The number of carbonyl (C=O) groups is 2. The Morgan fingerprint density at radius 1 is 1.10 bits per heavy atom. The number of amides is 1. The second-order valence-electron chi connectivity index (χ2n) is 6.20. The van der Waals surface area contributed by atoms with Gasteiger partial charge in [0.2, 0.25) is 0 Å². The fourth-order valence-corrected chi connectivity index (χ4v) is 4.41. The van der Waals surface area contributed by atoms with Gasteiger partial charge in [-0.25, -0.2) is 4.79 Å². The molecule has 0 radical (unpaired) electrons. The molecule has 9 heteroatoms. The second kappa shape index (κ2) is 8.28. The predicted molar refractivity (Wildman–Crippen MR) is 123 cm³/mol. The molecular formula is C21H11Cl2NO4S2. The van der Waals surface area contributed by atoms with Gasteiger partial charge >= 0.3 is 5.97 Å². The Morgan fingerprint density at radius 2 is 1.90 bits per heavy atom. The Morgan fingerprint density at radius 3 is 2.63 bits per heavy atom. The van der Waals surface area contributed by atoms with Crippen molar-refractivity contribution < 1.29 is 19.1 Å². The molecule has 1 fully saturated rings. The van der Waals surface area contributed by atoms with Crippen LogP contribution in [0.2, 0.25) is 10.0 Å². The summed E-state index contributed by atoms with van der Waals surface area (Å²) in [7, 11) is 0. The zero-order valence-corrected chi connectivity index (χ0v) is 18.1. The Hall–Kier alpha value is -2.58.